The molecule has 0 aromatic carbocycles. The first-order chi connectivity index (χ1) is 12.4. The number of thiazole rings is 1. The van der Waals surface area contributed by atoms with Crippen LogP contribution in [0.1, 0.15) is 63.9 Å². The summed E-state index contributed by atoms with van der Waals surface area (Å²) in [6, 6.07) is 1.89. The standard InChI is InChI=1S/C20H22N2O3S/c1-4-5-15-11(2)8-13(10-21-15)18(24)14-6-7-16-20(19(14)25)26-17(22-16)9-12(3)23/h8,10,24H,4-7,9H2,1-3H3. The maximum absolute atomic E-state index is 12.8. The van der Waals surface area contributed by atoms with Gasteiger partial charge < -0.3 is 5.11 Å². The van der Waals surface area contributed by atoms with E-state index in [4.69, 9.17) is 0 Å². The highest BCUT2D eigenvalue weighted by Crippen LogP contribution is 2.33. The van der Waals surface area contributed by atoms with Crippen molar-refractivity contribution >= 4 is 28.7 Å². The van der Waals surface area contributed by atoms with Crippen LogP contribution in [0, 0.1) is 6.92 Å². The Labute approximate surface area is 156 Å². The van der Waals surface area contributed by atoms with E-state index in [9.17, 15) is 14.7 Å². The SMILES string of the molecule is CCCc1ncc(C(O)=C2CCc3nc(CC(C)=O)sc3C2=O)cc1C. The number of aliphatic hydroxyl groups excluding tert-OH is 1. The quantitative estimate of drug-likeness (QED) is 0.635. The Morgan fingerprint density at radius 1 is 1.35 bits per heavy atom. The molecule has 0 atom stereocenters. The normalized spacial score (nSPS) is 15.7. The van der Waals surface area contributed by atoms with Crippen LogP contribution >= 0.6 is 11.3 Å². The molecule has 0 radical (unpaired) electrons. The van der Waals surface area contributed by atoms with Gasteiger partial charge in [-0.15, -0.1) is 11.3 Å². The number of Topliss-reactive ketones (excluding diaryl/α,β-unsaturated/α-hetero) is 2. The number of hydrogen-bond acceptors (Lipinski definition) is 6. The molecule has 136 valence electrons. The molecule has 3 rings (SSSR count). The van der Waals surface area contributed by atoms with Crippen LogP contribution in [0.5, 0.6) is 0 Å². The van der Waals surface area contributed by atoms with Crippen molar-refractivity contribution in [2.24, 2.45) is 0 Å². The van der Waals surface area contributed by atoms with Gasteiger partial charge in [0.1, 0.15) is 16.6 Å². The fourth-order valence-corrected chi connectivity index (χ4v) is 4.31. The summed E-state index contributed by atoms with van der Waals surface area (Å²) < 4.78 is 0. The summed E-state index contributed by atoms with van der Waals surface area (Å²) in [5.41, 5.74) is 3.74. The van der Waals surface area contributed by atoms with Gasteiger partial charge in [0, 0.05) is 23.0 Å². The van der Waals surface area contributed by atoms with Crippen molar-refractivity contribution in [1.82, 2.24) is 9.97 Å². The summed E-state index contributed by atoms with van der Waals surface area (Å²) >= 11 is 1.26. The Hall–Kier alpha value is -2.34. The highest BCUT2D eigenvalue weighted by atomic mass is 32.1. The second-order valence-electron chi connectivity index (χ2n) is 6.66. The molecule has 0 amide bonds. The van der Waals surface area contributed by atoms with Crippen LogP contribution in [0.4, 0.5) is 0 Å². The van der Waals surface area contributed by atoms with Crippen molar-refractivity contribution in [3.8, 4) is 0 Å². The number of ketones is 2. The number of aliphatic hydroxyl groups is 1. The number of aromatic nitrogens is 2. The second-order valence-corrected chi connectivity index (χ2v) is 7.74. The van der Waals surface area contributed by atoms with Crippen molar-refractivity contribution in [2.75, 3.05) is 0 Å². The number of hydrogen-bond donors (Lipinski definition) is 1. The third-order valence-corrected chi connectivity index (χ3v) is 5.56. The molecule has 0 bridgehead atoms. The maximum atomic E-state index is 12.8. The van der Waals surface area contributed by atoms with E-state index in [-0.39, 0.29) is 23.7 Å². The Balaban J connectivity index is 1.94. The lowest BCUT2D eigenvalue weighted by Crippen LogP contribution is -2.14. The minimum atomic E-state index is -0.189. The molecular weight excluding hydrogens is 348 g/mol. The van der Waals surface area contributed by atoms with Crippen LogP contribution in [0.25, 0.3) is 5.76 Å². The molecule has 1 N–H and O–H groups in total. The van der Waals surface area contributed by atoms with E-state index < -0.39 is 0 Å². The first-order valence-electron chi connectivity index (χ1n) is 8.81. The third kappa shape index (κ3) is 3.60. The lowest BCUT2D eigenvalue weighted by atomic mass is 9.92. The predicted octanol–water partition coefficient (Wildman–Crippen LogP) is 4.03. The van der Waals surface area contributed by atoms with Crippen LogP contribution in [-0.2, 0) is 24.1 Å². The average Bonchev–Trinajstić information content (AvgIpc) is 2.99. The molecule has 5 nitrogen and oxygen atoms in total. The molecule has 0 aliphatic heterocycles. The number of carbonyl (C=O) groups excluding carboxylic acids is 2. The Kier molecular flexibility index (Phi) is 5.32. The number of carbonyl (C=O) groups is 2. The molecule has 0 fully saturated rings. The summed E-state index contributed by atoms with van der Waals surface area (Å²) in [5, 5.41) is 11.4. The first kappa shape index (κ1) is 18.5. The monoisotopic (exact) mass is 370 g/mol. The van der Waals surface area contributed by atoms with Gasteiger partial charge in [-0.05, 0) is 44.7 Å². The van der Waals surface area contributed by atoms with Crippen LogP contribution in [0.3, 0.4) is 0 Å². The molecule has 2 aromatic heterocycles. The van der Waals surface area contributed by atoms with Gasteiger partial charge in [-0.3, -0.25) is 14.6 Å². The predicted molar refractivity (Wildman–Crippen MR) is 102 cm³/mol. The van der Waals surface area contributed by atoms with Crippen LogP contribution in [0.2, 0.25) is 0 Å². The van der Waals surface area contributed by atoms with Gasteiger partial charge in [0.25, 0.3) is 0 Å². The molecule has 2 aromatic rings. The lowest BCUT2D eigenvalue weighted by Gasteiger charge is -2.15. The van der Waals surface area contributed by atoms with Crippen molar-refractivity contribution in [3.63, 3.8) is 0 Å². The smallest absolute Gasteiger partial charge is 0.204 e. The Morgan fingerprint density at radius 3 is 2.77 bits per heavy atom. The molecule has 0 unspecified atom stereocenters. The van der Waals surface area contributed by atoms with E-state index in [1.807, 2.05) is 13.0 Å². The summed E-state index contributed by atoms with van der Waals surface area (Å²) in [4.78, 5) is 33.5. The maximum Gasteiger partial charge on any atom is 0.204 e. The van der Waals surface area contributed by atoms with E-state index >= 15 is 0 Å². The van der Waals surface area contributed by atoms with E-state index in [0.717, 1.165) is 29.8 Å². The number of allylic oxidation sites excluding steroid dienone is 1. The van der Waals surface area contributed by atoms with Gasteiger partial charge >= 0.3 is 0 Å². The van der Waals surface area contributed by atoms with E-state index in [1.54, 1.807) is 6.20 Å². The minimum absolute atomic E-state index is 0.000756. The van der Waals surface area contributed by atoms with Crippen molar-refractivity contribution < 1.29 is 14.7 Å². The summed E-state index contributed by atoms with van der Waals surface area (Å²) in [7, 11) is 0. The molecule has 2 heterocycles. The van der Waals surface area contributed by atoms with E-state index in [1.165, 1.54) is 18.3 Å². The Morgan fingerprint density at radius 2 is 2.12 bits per heavy atom. The van der Waals surface area contributed by atoms with Gasteiger partial charge in [0.2, 0.25) is 5.78 Å². The zero-order valence-electron chi connectivity index (χ0n) is 15.3. The number of rotatable bonds is 5. The largest absolute Gasteiger partial charge is 0.507 e. The van der Waals surface area contributed by atoms with Gasteiger partial charge in [0.15, 0.2) is 0 Å². The molecule has 1 aliphatic carbocycles. The number of aryl methyl sites for hydroxylation is 3. The van der Waals surface area contributed by atoms with Crippen LogP contribution in [0.15, 0.2) is 17.8 Å². The van der Waals surface area contributed by atoms with Gasteiger partial charge in [-0.1, -0.05) is 13.3 Å². The van der Waals surface area contributed by atoms with Crippen molar-refractivity contribution in [2.45, 2.75) is 52.9 Å². The van der Waals surface area contributed by atoms with Gasteiger partial charge in [0.05, 0.1) is 17.0 Å². The molecule has 0 saturated carbocycles. The molecule has 0 spiro atoms. The van der Waals surface area contributed by atoms with Crippen LogP contribution in [-0.4, -0.2) is 26.6 Å². The summed E-state index contributed by atoms with van der Waals surface area (Å²) in [5.74, 6) is -0.164. The van der Waals surface area contributed by atoms with Crippen molar-refractivity contribution in [1.29, 1.82) is 0 Å². The molecule has 26 heavy (non-hydrogen) atoms. The van der Waals surface area contributed by atoms with E-state index in [0.29, 0.717) is 33.9 Å². The number of fused-ring (bicyclic) bond motifs is 1. The van der Waals surface area contributed by atoms with Crippen LogP contribution < -0.4 is 0 Å². The molecule has 1 aliphatic rings. The molecule has 6 heteroatoms. The fourth-order valence-electron chi connectivity index (χ4n) is 3.16. The zero-order chi connectivity index (χ0) is 18.8. The van der Waals surface area contributed by atoms with Gasteiger partial charge in [-0.25, -0.2) is 4.98 Å². The second kappa shape index (κ2) is 7.50. The van der Waals surface area contributed by atoms with Gasteiger partial charge in [-0.2, -0.15) is 0 Å². The number of nitrogens with zero attached hydrogens (tertiary/aromatic N) is 2. The number of pyridine rings is 1. The third-order valence-electron chi connectivity index (χ3n) is 4.47. The van der Waals surface area contributed by atoms with E-state index in [2.05, 4.69) is 16.9 Å². The highest BCUT2D eigenvalue weighted by molar-refractivity contribution is 7.14. The summed E-state index contributed by atoms with van der Waals surface area (Å²) in [6.45, 7) is 5.58. The molecular formula is C20H22N2O3S. The highest BCUT2D eigenvalue weighted by Gasteiger charge is 2.29. The lowest BCUT2D eigenvalue weighted by molar-refractivity contribution is -0.116. The summed E-state index contributed by atoms with van der Waals surface area (Å²) in [6.07, 6.45) is 4.82. The Bertz CT molecular complexity index is 912. The minimum Gasteiger partial charge on any atom is -0.507 e. The zero-order valence-corrected chi connectivity index (χ0v) is 16.1. The van der Waals surface area contributed by atoms with Crippen molar-refractivity contribution in [3.05, 3.63) is 50.2 Å². The molecule has 0 saturated heterocycles. The fraction of sp³-hybridized carbons (Fsp3) is 0.400. The topological polar surface area (TPSA) is 80.2 Å². The average molecular weight is 370 g/mol. The first-order valence-corrected chi connectivity index (χ1v) is 9.63.